The van der Waals surface area contributed by atoms with E-state index in [-0.39, 0.29) is 0 Å². The lowest BCUT2D eigenvalue weighted by atomic mass is 10.1. The van der Waals surface area contributed by atoms with Gasteiger partial charge in [0.2, 0.25) is 0 Å². The van der Waals surface area contributed by atoms with Crippen LogP contribution < -0.4 is 0 Å². The molecule has 2 aromatic rings. The lowest BCUT2D eigenvalue weighted by molar-refractivity contribution is 1.22. The Morgan fingerprint density at radius 3 is 3.07 bits per heavy atom. The number of nitriles is 1. The van der Waals surface area contributed by atoms with E-state index in [9.17, 15) is 0 Å². The van der Waals surface area contributed by atoms with Crippen LogP contribution in [0, 0.1) is 14.9 Å². The number of thiophene rings is 1. The van der Waals surface area contributed by atoms with Gasteiger partial charge < -0.3 is 0 Å². The van der Waals surface area contributed by atoms with Crippen molar-refractivity contribution >= 4 is 56.6 Å². The van der Waals surface area contributed by atoms with Crippen molar-refractivity contribution in [3.05, 3.63) is 26.6 Å². The first-order chi connectivity index (χ1) is 6.74. The SMILES string of the molecule is N#CCc1c(S)cc(I)c2ccsc12. The molecule has 4 heteroatoms. The van der Waals surface area contributed by atoms with E-state index in [0.717, 1.165) is 10.5 Å². The van der Waals surface area contributed by atoms with Gasteiger partial charge in [0.05, 0.1) is 12.5 Å². The minimum Gasteiger partial charge on any atom is -0.198 e. The average Bonchev–Trinajstić information content (AvgIpc) is 2.60. The number of hydrogen-bond acceptors (Lipinski definition) is 3. The van der Waals surface area contributed by atoms with Gasteiger partial charge in [0, 0.05) is 18.6 Å². The van der Waals surface area contributed by atoms with Crippen LogP contribution in [-0.4, -0.2) is 0 Å². The van der Waals surface area contributed by atoms with Gasteiger partial charge in [-0.1, -0.05) is 0 Å². The zero-order valence-corrected chi connectivity index (χ0v) is 11.0. The molecule has 1 aromatic heterocycles. The standard InChI is InChI=1S/C10H6INS2/c11-8-5-9(13)7(1-3-12)10-6(8)2-4-14-10/h2,4-5,13H,1H2. The molecule has 2 rings (SSSR count). The molecule has 0 saturated carbocycles. The van der Waals surface area contributed by atoms with Gasteiger partial charge in [-0.25, -0.2) is 0 Å². The second kappa shape index (κ2) is 4.09. The van der Waals surface area contributed by atoms with Gasteiger partial charge in [0.25, 0.3) is 0 Å². The van der Waals surface area contributed by atoms with E-state index in [1.807, 2.05) is 6.07 Å². The van der Waals surface area contributed by atoms with Crippen molar-refractivity contribution in [2.75, 3.05) is 0 Å². The molecular weight excluding hydrogens is 325 g/mol. The Balaban J connectivity index is 2.81. The van der Waals surface area contributed by atoms with E-state index in [0.29, 0.717) is 6.42 Å². The van der Waals surface area contributed by atoms with Gasteiger partial charge in [-0.15, -0.1) is 24.0 Å². The molecule has 70 valence electrons. The molecule has 1 nitrogen and oxygen atoms in total. The molecule has 0 fully saturated rings. The first-order valence-corrected chi connectivity index (χ1v) is 6.39. The Morgan fingerprint density at radius 1 is 1.57 bits per heavy atom. The molecule has 0 aliphatic rings. The summed E-state index contributed by atoms with van der Waals surface area (Å²) in [5.74, 6) is 0. The van der Waals surface area contributed by atoms with Crippen molar-refractivity contribution in [3.63, 3.8) is 0 Å². The molecule has 0 amide bonds. The maximum absolute atomic E-state index is 8.73. The first kappa shape index (κ1) is 10.3. The molecule has 14 heavy (non-hydrogen) atoms. The monoisotopic (exact) mass is 331 g/mol. The Kier molecular flexibility index (Phi) is 3.00. The highest BCUT2D eigenvalue weighted by Gasteiger charge is 2.09. The first-order valence-electron chi connectivity index (χ1n) is 3.98. The van der Waals surface area contributed by atoms with E-state index >= 15 is 0 Å². The van der Waals surface area contributed by atoms with Crippen molar-refractivity contribution in [3.8, 4) is 6.07 Å². The van der Waals surface area contributed by atoms with Crippen molar-refractivity contribution in [2.45, 2.75) is 11.3 Å². The van der Waals surface area contributed by atoms with E-state index in [2.05, 4.69) is 52.7 Å². The summed E-state index contributed by atoms with van der Waals surface area (Å²) in [6.07, 6.45) is 0.437. The van der Waals surface area contributed by atoms with Gasteiger partial charge in [-0.05, 0) is 45.7 Å². The van der Waals surface area contributed by atoms with Crippen LogP contribution in [0.5, 0.6) is 0 Å². The fourth-order valence-electron chi connectivity index (χ4n) is 1.38. The van der Waals surface area contributed by atoms with Crippen molar-refractivity contribution in [1.82, 2.24) is 0 Å². The quantitative estimate of drug-likeness (QED) is 0.623. The number of thiol groups is 1. The molecule has 0 aliphatic carbocycles. The van der Waals surface area contributed by atoms with Crippen LogP contribution in [0.15, 0.2) is 22.4 Å². The smallest absolute Gasteiger partial charge is 0.0670 e. The molecule has 0 aliphatic heterocycles. The van der Waals surface area contributed by atoms with E-state index in [1.54, 1.807) is 11.3 Å². The normalized spacial score (nSPS) is 10.4. The summed E-state index contributed by atoms with van der Waals surface area (Å²) >= 11 is 8.38. The number of fused-ring (bicyclic) bond motifs is 1. The summed E-state index contributed by atoms with van der Waals surface area (Å²) in [5.41, 5.74) is 1.06. The summed E-state index contributed by atoms with van der Waals surface area (Å²) in [6.45, 7) is 0. The highest BCUT2D eigenvalue weighted by atomic mass is 127. The molecule has 0 unspecified atom stereocenters. The zero-order valence-electron chi connectivity index (χ0n) is 7.12. The second-order valence-electron chi connectivity index (χ2n) is 2.85. The largest absolute Gasteiger partial charge is 0.198 e. The number of benzene rings is 1. The summed E-state index contributed by atoms with van der Waals surface area (Å²) in [6, 6.07) is 6.29. The predicted octanol–water partition coefficient (Wildman–Crippen LogP) is 3.86. The van der Waals surface area contributed by atoms with Gasteiger partial charge in [-0.2, -0.15) is 5.26 Å². The third-order valence-corrected chi connectivity index (χ3v) is 4.29. The topological polar surface area (TPSA) is 23.8 Å². The minimum atomic E-state index is 0.437. The molecule has 0 bridgehead atoms. The lowest BCUT2D eigenvalue weighted by Crippen LogP contribution is -1.86. The van der Waals surface area contributed by atoms with Crippen LogP contribution in [0.3, 0.4) is 0 Å². The molecule has 1 heterocycles. The molecule has 0 atom stereocenters. The van der Waals surface area contributed by atoms with Crippen LogP contribution in [0.4, 0.5) is 0 Å². The van der Waals surface area contributed by atoms with Crippen LogP contribution in [-0.2, 0) is 6.42 Å². The van der Waals surface area contributed by atoms with E-state index in [4.69, 9.17) is 5.26 Å². The summed E-state index contributed by atoms with van der Waals surface area (Å²) in [5, 5.41) is 12.0. The van der Waals surface area contributed by atoms with Crippen LogP contribution in [0.1, 0.15) is 5.56 Å². The van der Waals surface area contributed by atoms with Crippen LogP contribution in [0.25, 0.3) is 10.1 Å². The Morgan fingerprint density at radius 2 is 2.36 bits per heavy atom. The highest BCUT2D eigenvalue weighted by molar-refractivity contribution is 14.1. The number of halogens is 1. The average molecular weight is 331 g/mol. The zero-order chi connectivity index (χ0) is 10.1. The van der Waals surface area contributed by atoms with Gasteiger partial charge in [0.1, 0.15) is 0 Å². The minimum absolute atomic E-state index is 0.437. The van der Waals surface area contributed by atoms with Crippen molar-refractivity contribution in [1.29, 1.82) is 5.26 Å². The Hall–Kier alpha value is -0.250. The van der Waals surface area contributed by atoms with Gasteiger partial charge >= 0.3 is 0 Å². The summed E-state index contributed by atoms with van der Waals surface area (Å²) in [4.78, 5) is 0.922. The van der Waals surface area contributed by atoms with Gasteiger partial charge in [-0.3, -0.25) is 0 Å². The van der Waals surface area contributed by atoms with E-state index in [1.165, 1.54) is 13.7 Å². The van der Waals surface area contributed by atoms with Crippen LogP contribution >= 0.6 is 46.6 Å². The Bertz CT molecular complexity index is 525. The maximum Gasteiger partial charge on any atom is 0.0670 e. The van der Waals surface area contributed by atoms with Crippen molar-refractivity contribution < 1.29 is 0 Å². The number of rotatable bonds is 1. The Labute approximate surface area is 105 Å². The van der Waals surface area contributed by atoms with Crippen LogP contribution in [0.2, 0.25) is 0 Å². The lowest BCUT2D eigenvalue weighted by Gasteiger charge is -2.04. The fourth-order valence-corrected chi connectivity index (χ4v) is 3.94. The maximum atomic E-state index is 8.73. The third kappa shape index (κ3) is 1.64. The van der Waals surface area contributed by atoms with Crippen molar-refractivity contribution in [2.24, 2.45) is 0 Å². The van der Waals surface area contributed by atoms with E-state index < -0.39 is 0 Å². The molecule has 0 saturated heterocycles. The summed E-state index contributed by atoms with van der Waals surface area (Å²) < 4.78 is 2.40. The van der Waals surface area contributed by atoms with Gasteiger partial charge in [0.15, 0.2) is 0 Å². The predicted molar refractivity (Wildman–Crippen MR) is 71.1 cm³/mol. The molecule has 1 aromatic carbocycles. The highest BCUT2D eigenvalue weighted by Crippen LogP contribution is 2.33. The molecule has 0 radical (unpaired) electrons. The fraction of sp³-hybridized carbons (Fsp3) is 0.100. The third-order valence-electron chi connectivity index (χ3n) is 2.03. The molecular formula is C10H6INS2. The summed E-state index contributed by atoms with van der Waals surface area (Å²) in [7, 11) is 0. The number of hydrogen-bond donors (Lipinski definition) is 1. The molecule has 0 spiro atoms. The molecule has 0 N–H and O–H groups in total. The number of nitrogens with zero attached hydrogens (tertiary/aromatic N) is 1. The second-order valence-corrected chi connectivity index (χ2v) is 5.41.